The second-order valence-corrected chi connectivity index (χ2v) is 7.81. The maximum absolute atomic E-state index is 12.9. The zero-order valence-electron chi connectivity index (χ0n) is 14.9. The molecular formula is C20H13ClF3N3OS. The standard InChI is InChI=1S/C20H13ClF3N3OS/c1-27-19-15(17(26-27)11-5-7-13(21)8-6-11)10-16(29-19)18(28)25-14-4-2-3-12(9-14)20(22,23)24/h2-10H,1H3,(H,25,28). The van der Waals surface area contributed by atoms with Gasteiger partial charge in [-0.2, -0.15) is 18.3 Å². The molecule has 1 N–H and O–H groups in total. The van der Waals surface area contributed by atoms with Crippen LogP contribution in [0.15, 0.2) is 54.6 Å². The van der Waals surface area contributed by atoms with Gasteiger partial charge in [-0.25, -0.2) is 0 Å². The van der Waals surface area contributed by atoms with Gasteiger partial charge >= 0.3 is 6.18 Å². The van der Waals surface area contributed by atoms with Gasteiger partial charge in [0.1, 0.15) is 10.5 Å². The molecule has 0 bridgehead atoms. The van der Waals surface area contributed by atoms with Crippen molar-refractivity contribution < 1.29 is 18.0 Å². The summed E-state index contributed by atoms with van der Waals surface area (Å²) in [6, 6.07) is 13.4. The zero-order chi connectivity index (χ0) is 20.8. The first-order chi connectivity index (χ1) is 13.7. The van der Waals surface area contributed by atoms with Gasteiger partial charge in [0.05, 0.1) is 10.4 Å². The fraction of sp³-hybridized carbons (Fsp3) is 0.100. The second-order valence-electron chi connectivity index (χ2n) is 6.34. The molecule has 0 fully saturated rings. The van der Waals surface area contributed by atoms with Crippen LogP contribution in [0.1, 0.15) is 15.2 Å². The number of thiophene rings is 1. The molecule has 4 nitrogen and oxygen atoms in total. The van der Waals surface area contributed by atoms with Crippen LogP contribution in [-0.4, -0.2) is 15.7 Å². The van der Waals surface area contributed by atoms with Crippen molar-refractivity contribution in [1.29, 1.82) is 0 Å². The molecule has 4 rings (SSSR count). The van der Waals surface area contributed by atoms with Crippen molar-refractivity contribution in [3.05, 3.63) is 70.1 Å². The van der Waals surface area contributed by atoms with Gasteiger partial charge in [0, 0.05) is 28.7 Å². The van der Waals surface area contributed by atoms with Crippen molar-refractivity contribution in [3.63, 3.8) is 0 Å². The number of anilines is 1. The average molecular weight is 436 g/mol. The molecule has 0 unspecified atom stereocenters. The summed E-state index contributed by atoms with van der Waals surface area (Å²) in [7, 11) is 1.77. The van der Waals surface area contributed by atoms with Crippen LogP contribution in [0.2, 0.25) is 5.02 Å². The normalized spacial score (nSPS) is 11.8. The third kappa shape index (κ3) is 3.86. The summed E-state index contributed by atoms with van der Waals surface area (Å²) in [6.07, 6.45) is -4.47. The van der Waals surface area contributed by atoms with Crippen LogP contribution in [0.3, 0.4) is 0 Å². The monoisotopic (exact) mass is 435 g/mol. The number of alkyl halides is 3. The molecule has 0 aliphatic rings. The number of hydrogen-bond donors (Lipinski definition) is 1. The molecule has 0 aliphatic carbocycles. The highest BCUT2D eigenvalue weighted by atomic mass is 35.5. The van der Waals surface area contributed by atoms with E-state index in [4.69, 9.17) is 11.6 Å². The molecule has 0 atom stereocenters. The van der Waals surface area contributed by atoms with Crippen molar-refractivity contribution in [2.45, 2.75) is 6.18 Å². The number of aryl methyl sites for hydroxylation is 1. The maximum atomic E-state index is 12.9. The van der Waals surface area contributed by atoms with E-state index in [2.05, 4.69) is 10.4 Å². The molecule has 0 aliphatic heterocycles. The maximum Gasteiger partial charge on any atom is 0.416 e. The predicted octanol–water partition coefficient (Wildman–Crippen LogP) is 6.23. The van der Waals surface area contributed by atoms with Crippen LogP contribution >= 0.6 is 22.9 Å². The smallest absolute Gasteiger partial charge is 0.321 e. The average Bonchev–Trinajstić information content (AvgIpc) is 3.23. The number of carbonyl (C=O) groups excluding carboxylic acids is 1. The number of rotatable bonds is 3. The van der Waals surface area contributed by atoms with E-state index in [-0.39, 0.29) is 5.69 Å². The summed E-state index contributed by atoms with van der Waals surface area (Å²) < 4.78 is 40.3. The molecule has 0 saturated heterocycles. The van der Waals surface area contributed by atoms with Gasteiger partial charge in [-0.05, 0) is 36.4 Å². The SMILES string of the molecule is Cn1nc(-c2ccc(Cl)cc2)c2cc(C(=O)Nc3cccc(C(F)(F)F)c3)sc21. The molecule has 0 radical (unpaired) electrons. The topological polar surface area (TPSA) is 46.9 Å². The first-order valence-electron chi connectivity index (χ1n) is 8.43. The molecule has 9 heteroatoms. The fourth-order valence-corrected chi connectivity index (χ4v) is 4.03. The summed E-state index contributed by atoms with van der Waals surface area (Å²) in [6.45, 7) is 0. The number of amides is 1. The van der Waals surface area contributed by atoms with Crippen molar-refractivity contribution in [3.8, 4) is 11.3 Å². The van der Waals surface area contributed by atoms with Gasteiger partial charge in [0.2, 0.25) is 0 Å². The van der Waals surface area contributed by atoms with E-state index in [1.807, 2.05) is 12.1 Å². The van der Waals surface area contributed by atoms with Gasteiger partial charge in [-0.3, -0.25) is 9.48 Å². The van der Waals surface area contributed by atoms with Crippen molar-refractivity contribution >= 4 is 44.7 Å². The van der Waals surface area contributed by atoms with Crippen LogP contribution in [0.5, 0.6) is 0 Å². The summed E-state index contributed by atoms with van der Waals surface area (Å²) in [5.41, 5.74) is 0.815. The lowest BCUT2D eigenvalue weighted by atomic mass is 10.1. The highest BCUT2D eigenvalue weighted by molar-refractivity contribution is 7.20. The lowest BCUT2D eigenvalue weighted by Gasteiger charge is -2.09. The fourth-order valence-electron chi connectivity index (χ4n) is 2.94. The predicted molar refractivity (Wildman–Crippen MR) is 108 cm³/mol. The molecule has 2 heterocycles. The van der Waals surface area contributed by atoms with Gasteiger partial charge < -0.3 is 5.32 Å². The zero-order valence-corrected chi connectivity index (χ0v) is 16.5. The Morgan fingerprint density at radius 3 is 2.55 bits per heavy atom. The molecular weight excluding hydrogens is 423 g/mol. The third-order valence-electron chi connectivity index (χ3n) is 4.30. The Labute approximate surface area is 172 Å². The minimum atomic E-state index is -4.47. The van der Waals surface area contributed by atoms with Gasteiger partial charge in [-0.1, -0.05) is 29.8 Å². The van der Waals surface area contributed by atoms with Crippen LogP contribution in [0.25, 0.3) is 21.5 Å². The van der Waals surface area contributed by atoms with Crippen molar-refractivity contribution in [2.24, 2.45) is 7.05 Å². The Bertz CT molecular complexity index is 1210. The number of halogens is 4. The number of nitrogens with one attached hydrogen (secondary N) is 1. The van der Waals surface area contributed by atoms with E-state index in [0.29, 0.717) is 15.6 Å². The number of hydrogen-bond acceptors (Lipinski definition) is 3. The summed E-state index contributed by atoms with van der Waals surface area (Å²) in [4.78, 5) is 13.8. The number of benzene rings is 2. The van der Waals surface area contributed by atoms with Gasteiger partial charge in [0.25, 0.3) is 5.91 Å². The minimum absolute atomic E-state index is 0.0818. The molecule has 29 heavy (non-hydrogen) atoms. The second kappa shape index (κ2) is 7.20. The molecule has 0 spiro atoms. The number of aromatic nitrogens is 2. The molecule has 0 saturated carbocycles. The van der Waals surface area contributed by atoms with Crippen LogP contribution < -0.4 is 5.32 Å². The van der Waals surface area contributed by atoms with Crippen molar-refractivity contribution in [2.75, 3.05) is 5.32 Å². The third-order valence-corrected chi connectivity index (χ3v) is 5.75. The molecule has 1 amide bonds. The van der Waals surface area contributed by atoms with E-state index in [9.17, 15) is 18.0 Å². The molecule has 148 valence electrons. The first kappa shape index (κ1) is 19.5. The highest BCUT2D eigenvalue weighted by Crippen LogP contribution is 2.35. The van der Waals surface area contributed by atoms with Crippen molar-refractivity contribution in [1.82, 2.24) is 9.78 Å². The highest BCUT2D eigenvalue weighted by Gasteiger charge is 2.30. The molecule has 4 aromatic rings. The summed E-state index contributed by atoms with van der Waals surface area (Å²) in [5.74, 6) is -0.479. The van der Waals surface area contributed by atoms with E-state index >= 15 is 0 Å². The van der Waals surface area contributed by atoms with E-state index in [1.54, 1.807) is 29.9 Å². The van der Waals surface area contributed by atoms with E-state index in [1.165, 1.54) is 23.5 Å². The van der Waals surface area contributed by atoms with Crippen LogP contribution in [-0.2, 0) is 13.2 Å². The van der Waals surface area contributed by atoms with E-state index < -0.39 is 17.6 Å². The lowest BCUT2D eigenvalue weighted by molar-refractivity contribution is -0.137. The summed E-state index contributed by atoms with van der Waals surface area (Å²) in [5, 5.41) is 8.42. The Hall–Kier alpha value is -2.84. The van der Waals surface area contributed by atoms with Crippen LogP contribution in [0.4, 0.5) is 18.9 Å². The Morgan fingerprint density at radius 2 is 1.86 bits per heavy atom. The molecule has 2 aromatic carbocycles. The Kier molecular flexibility index (Phi) is 4.84. The largest absolute Gasteiger partial charge is 0.416 e. The lowest BCUT2D eigenvalue weighted by Crippen LogP contribution is -2.11. The number of fused-ring (bicyclic) bond motifs is 1. The Morgan fingerprint density at radius 1 is 1.14 bits per heavy atom. The first-order valence-corrected chi connectivity index (χ1v) is 9.63. The van der Waals surface area contributed by atoms with Gasteiger partial charge in [0.15, 0.2) is 0 Å². The minimum Gasteiger partial charge on any atom is -0.321 e. The summed E-state index contributed by atoms with van der Waals surface area (Å²) >= 11 is 7.16. The Balaban J connectivity index is 1.66. The number of nitrogens with zero attached hydrogens (tertiary/aromatic N) is 2. The quantitative estimate of drug-likeness (QED) is 0.415. The number of carbonyl (C=O) groups is 1. The van der Waals surface area contributed by atoms with Crippen LogP contribution in [0, 0.1) is 0 Å². The molecule has 2 aromatic heterocycles. The van der Waals surface area contributed by atoms with Gasteiger partial charge in [-0.15, -0.1) is 11.3 Å². The van der Waals surface area contributed by atoms with E-state index in [0.717, 1.165) is 27.9 Å².